The summed E-state index contributed by atoms with van der Waals surface area (Å²) in [4.78, 5) is 23.0. The molecule has 1 rings (SSSR count). The first-order valence-electron chi connectivity index (χ1n) is 6.98. The summed E-state index contributed by atoms with van der Waals surface area (Å²) in [6, 6.07) is 8.11. The van der Waals surface area contributed by atoms with Gasteiger partial charge in [-0.2, -0.15) is 0 Å². The Labute approximate surface area is 125 Å². The quantitative estimate of drug-likeness (QED) is 0.440. The first kappa shape index (κ1) is 17.0. The third-order valence-corrected chi connectivity index (χ3v) is 3.32. The van der Waals surface area contributed by atoms with Gasteiger partial charge in [0.2, 0.25) is 0 Å². The van der Waals surface area contributed by atoms with E-state index in [1.54, 1.807) is 0 Å². The number of carbonyl (C=O) groups is 2. The van der Waals surface area contributed by atoms with Crippen molar-refractivity contribution in [1.82, 2.24) is 0 Å². The molecule has 0 radical (unpaired) electrons. The van der Waals surface area contributed by atoms with E-state index in [1.807, 2.05) is 18.2 Å². The Balaban J connectivity index is 2.46. The topological polar surface area (TPSA) is 52.6 Å². The van der Waals surface area contributed by atoms with Gasteiger partial charge in [0.1, 0.15) is 0 Å². The third-order valence-electron chi connectivity index (χ3n) is 3.32. The van der Waals surface area contributed by atoms with Crippen molar-refractivity contribution in [3.8, 4) is 0 Å². The molecule has 1 aromatic carbocycles. The van der Waals surface area contributed by atoms with Crippen molar-refractivity contribution in [1.29, 1.82) is 0 Å². The van der Waals surface area contributed by atoms with Crippen molar-refractivity contribution >= 4 is 18.0 Å². The Hall–Kier alpha value is -2.10. The summed E-state index contributed by atoms with van der Waals surface area (Å²) >= 11 is 0. The first-order chi connectivity index (χ1) is 10.1. The van der Waals surface area contributed by atoms with Gasteiger partial charge in [0.25, 0.3) is 0 Å². The predicted octanol–water partition coefficient (Wildman–Crippen LogP) is 3.14. The number of rotatable bonds is 7. The Morgan fingerprint density at radius 3 is 2.33 bits per heavy atom. The molecule has 0 N–H and O–H groups in total. The highest BCUT2D eigenvalue weighted by molar-refractivity contribution is 5.94. The molecule has 0 heterocycles. The van der Waals surface area contributed by atoms with E-state index < -0.39 is 17.9 Å². The van der Waals surface area contributed by atoms with Crippen LogP contribution < -0.4 is 0 Å². The fourth-order valence-corrected chi connectivity index (χ4v) is 2.04. The number of aryl methyl sites for hydroxylation is 1. The summed E-state index contributed by atoms with van der Waals surface area (Å²) in [6.07, 6.45) is 6.04. The highest BCUT2D eigenvalue weighted by Crippen LogP contribution is 2.14. The van der Waals surface area contributed by atoms with E-state index in [-0.39, 0.29) is 0 Å². The van der Waals surface area contributed by atoms with Crippen LogP contribution in [0.5, 0.6) is 0 Å². The lowest BCUT2D eigenvalue weighted by Crippen LogP contribution is -2.26. The second kappa shape index (κ2) is 8.95. The number of esters is 2. The molecule has 0 unspecified atom stereocenters. The second-order valence-electron chi connectivity index (χ2n) is 4.79. The Morgan fingerprint density at radius 1 is 1.14 bits per heavy atom. The maximum atomic E-state index is 11.5. The zero-order valence-electron chi connectivity index (χ0n) is 12.8. The van der Waals surface area contributed by atoms with E-state index in [4.69, 9.17) is 0 Å². The molecule has 0 aromatic heterocycles. The number of carbonyl (C=O) groups excluding carboxylic acids is 2. The minimum atomic E-state index is -0.827. The fourth-order valence-electron chi connectivity index (χ4n) is 2.04. The monoisotopic (exact) mass is 290 g/mol. The summed E-state index contributed by atoms with van der Waals surface area (Å²) in [5, 5.41) is 0. The van der Waals surface area contributed by atoms with Crippen LogP contribution >= 0.6 is 0 Å². The Kier molecular flexibility index (Phi) is 7.23. The fraction of sp³-hybridized carbons (Fsp3) is 0.412. The minimum absolute atomic E-state index is 0.428. The molecule has 0 aliphatic rings. The summed E-state index contributed by atoms with van der Waals surface area (Å²) in [5.41, 5.74) is 2.39. The zero-order chi connectivity index (χ0) is 15.7. The largest absolute Gasteiger partial charge is 0.468 e. The molecule has 4 nitrogen and oxygen atoms in total. The molecule has 0 saturated carbocycles. The van der Waals surface area contributed by atoms with Crippen LogP contribution in [0, 0.1) is 12.8 Å². The van der Waals surface area contributed by atoms with Crippen molar-refractivity contribution in [2.75, 3.05) is 14.2 Å². The maximum Gasteiger partial charge on any atom is 0.320 e. The van der Waals surface area contributed by atoms with Gasteiger partial charge in [0.05, 0.1) is 14.2 Å². The van der Waals surface area contributed by atoms with E-state index in [0.717, 1.165) is 12.8 Å². The highest BCUT2D eigenvalue weighted by Gasteiger charge is 2.27. The number of benzene rings is 1. The number of ether oxygens (including phenoxy) is 2. The van der Waals surface area contributed by atoms with Crippen molar-refractivity contribution in [3.05, 3.63) is 41.5 Å². The van der Waals surface area contributed by atoms with Gasteiger partial charge >= 0.3 is 11.9 Å². The molecule has 0 atom stereocenters. The minimum Gasteiger partial charge on any atom is -0.468 e. The van der Waals surface area contributed by atoms with Crippen LogP contribution in [0.4, 0.5) is 0 Å². The predicted molar refractivity (Wildman–Crippen MR) is 81.6 cm³/mol. The first-order valence-corrected chi connectivity index (χ1v) is 6.98. The van der Waals surface area contributed by atoms with Crippen LogP contribution in [0.25, 0.3) is 6.08 Å². The zero-order valence-corrected chi connectivity index (χ0v) is 12.8. The molecule has 0 fully saturated rings. The number of unbranched alkanes of at least 4 members (excludes halogenated alkanes) is 1. The Morgan fingerprint density at radius 2 is 1.76 bits per heavy atom. The van der Waals surface area contributed by atoms with Gasteiger partial charge in [-0.25, -0.2) is 0 Å². The van der Waals surface area contributed by atoms with E-state index >= 15 is 0 Å². The van der Waals surface area contributed by atoms with Crippen molar-refractivity contribution < 1.29 is 19.1 Å². The molecule has 21 heavy (non-hydrogen) atoms. The van der Waals surface area contributed by atoms with Gasteiger partial charge in [-0.3, -0.25) is 9.59 Å². The van der Waals surface area contributed by atoms with Crippen LogP contribution in [0.15, 0.2) is 30.3 Å². The van der Waals surface area contributed by atoms with Crippen LogP contribution in [-0.2, 0) is 19.1 Å². The molecule has 0 bridgehead atoms. The second-order valence-corrected chi connectivity index (χ2v) is 4.79. The van der Waals surface area contributed by atoms with E-state index in [2.05, 4.69) is 34.6 Å². The SMILES string of the molecule is COC(=O)C(CCC/C=C/c1ccccc1C)C(=O)OC. The maximum absolute atomic E-state index is 11.5. The van der Waals surface area contributed by atoms with Gasteiger partial charge in [-0.15, -0.1) is 0 Å². The summed E-state index contributed by atoms with van der Waals surface area (Å²) in [6.45, 7) is 2.06. The lowest BCUT2D eigenvalue weighted by Gasteiger charge is -2.11. The highest BCUT2D eigenvalue weighted by atomic mass is 16.5. The van der Waals surface area contributed by atoms with Crippen LogP contribution in [-0.4, -0.2) is 26.2 Å². The third kappa shape index (κ3) is 5.42. The number of hydrogen-bond acceptors (Lipinski definition) is 4. The molecule has 0 saturated heterocycles. The van der Waals surface area contributed by atoms with Gasteiger partial charge in [-0.05, 0) is 37.3 Å². The molecule has 114 valence electrons. The van der Waals surface area contributed by atoms with Crippen LogP contribution in [0.1, 0.15) is 30.4 Å². The molecule has 1 aromatic rings. The molecule has 0 aliphatic carbocycles. The molecule has 4 heteroatoms. The van der Waals surface area contributed by atoms with E-state index in [0.29, 0.717) is 6.42 Å². The summed E-state index contributed by atoms with van der Waals surface area (Å²) < 4.78 is 9.24. The number of hydrogen-bond donors (Lipinski definition) is 0. The molecule has 0 aliphatic heterocycles. The van der Waals surface area contributed by atoms with Gasteiger partial charge in [0.15, 0.2) is 5.92 Å². The van der Waals surface area contributed by atoms with Gasteiger partial charge in [-0.1, -0.05) is 36.4 Å². The summed E-state index contributed by atoms with van der Waals surface area (Å²) in [5.74, 6) is -1.90. The van der Waals surface area contributed by atoms with E-state index in [1.165, 1.54) is 25.3 Å². The van der Waals surface area contributed by atoms with Crippen molar-refractivity contribution in [2.24, 2.45) is 5.92 Å². The standard InChI is InChI=1S/C17H22O4/c1-13-9-7-8-11-14(13)10-5-4-6-12-15(16(18)20-2)17(19)21-3/h5,7-11,15H,4,6,12H2,1-3H3/b10-5+. The van der Waals surface area contributed by atoms with Crippen molar-refractivity contribution in [3.63, 3.8) is 0 Å². The van der Waals surface area contributed by atoms with Gasteiger partial charge < -0.3 is 9.47 Å². The van der Waals surface area contributed by atoms with E-state index in [9.17, 15) is 9.59 Å². The molecule has 0 spiro atoms. The Bertz CT molecular complexity index is 489. The van der Waals surface area contributed by atoms with Crippen LogP contribution in [0.2, 0.25) is 0 Å². The molecular weight excluding hydrogens is 268 g/mol. The molecular formula is C17H22O4. The number of allylic oxidation sites excluding steroid dienone is 1. The average Bonchev–Trinajstić information content (AvgIpc) is 2.51. The smallest absolute Gasteiger partial charge is 0.320 e. The number of methoxy groups -OCH3 is 2. The lowest BCUT2D eigenvalue weighted by atomic mass is 10.0. The lowest BCUT2D eigenvalue weighted by molar-refractivity contribution is -0.159. The molecule has 0 amide bonds. The summed E-state index contributed by atoms with van der Waals surface area (Å²) in [7, 11) is 2.55. The van der Waals surface area contributed by atoms with Crippen molar-refractivity contribution in [2.45, 2.75) is 26.2 Å². The average molecular weight is 290 g/mol. The van der Waals surface area contributed by atoms with Gasteiger partial charge in [0, 0.05) is 0 Å². The van der Waals surface area contributed by atoms with Crippen LogP contribution in [0.3, 0.4) is 0 Å². The normalized spacial score (nSPS) is 10.9.